The molecule has 0 aromatic heterocycles. The molecule has 0 radical (unpaired) electrons. The lowest BCUT2D eigenvalue weighted by atomic mass is 9.72. The first-order valence-corrected chi connectivity index (χ1v) is 6.96. The third kappa shape index (κ3) is 2.26. The van der Waals surface area contributed by atoms with E-state index in [9.17, 15) is 14.4 Å². The van der Waals surface area contributed by atoms with Crippen molar-refractivity contribution in [3.63, 3.8) is 0 Å². The van der Waals surface area contributed by atoms with Gasteiger partial charge in [0.05, 0.1) is 0 Å². The molecule has 0 aromatic rings. The van der Waals surface area contributed by atoms with E-state index in [0.717, 1.165) is 24.2 Å². The maximum Gasteiger partial charge on any atom is 0.325 e. The quantitative estimate of drug-likeness (QED) is 0.683. The van der Waals surface area contributed by atoms with Gasteiger partial charge in [0, 0.05) is 20.0 Å². The topological polar surface area (TPSA) is 95.7 Å². The Kier molecular flexibility index (Phi) is 3.99. The molecule has 2 aliphatic rings. The zero-order chi connectivity index (χ0) is 14.9. The van der Waals surface area contributed by atoms with Crippen LogP contribution in [0.15, 0.2) is 0 Å². The normalized spacial score (nSPS) is 29.8. The minimum atomic E-state index is -0.892. The maximum atomic E-state index is 12.6. The highest BCUT2D eigenvalue weighted by Gasteiger charge is 2.56. The molecule has 112 valence electrons. The van der Waals surface area contributed by atoms with Gasteiger partial charge in [-0.05, 0) is 19.4 Å². The molecule has 1 spiro atoms. The molecule has 2 unspecified atom stereocenters. The maximum absolute atomic E-state index is 12.6. The predicted octanol–water partition coefficient (Wildman–Crippen LogP) is -0.486. The molecule has 20 heavy (non-hydrogen) atoms. The molecule has 0 bridgehead atoms. The van der Waals surface area contributed by atoms with E-state index in [1.165, 1.54) is 4.90 Å². The molecular weight excluding hydrogens is 260 g/mol. The highest BCUT2D eigenvalue weighted by Crippen LogP contribution is 2.37. The Morgan fingerprint density at radius 2 is 2.15 bits per heavy atom. The summed E-state index contributed by atoms with van der Waals surface area (Å²) in [5.74, 6) is -0.620. The second-order valence-corrected chi connectivity index (χ2v) is 5.76. The fraction of sp³-hybridized carbons (Fsp3) is 0.769. The van der Waals surface area contributed by atoms with Gasteiger partial charge in [-0.2, -0.15) is 0 Å². The Hall–Kier alpha value is -1.63. The summed E-state index contributed by atoms with van der Waals surface area (Å²) in [4.78, 5) is 38.8. The molecule has 1 heterocycles. The van der Waals surface area contributed by atoms with Gasteiger partial charge in [0.25, 0.3) is 5.91 Å². The van der Waals surface area contributed by atoms with Crippen molar-refractivity contribution in [3.8, 4) is 0 Å². The van der Waals surface area contributed by atoms with Gasteiger partial charge in [-0.25, -0.2) is 4.79 Å². The number of hydrogen-bond acceptors (Lipinski definition) is 4. The van der Waals surface area contributed by atoms with Crippen LogP contribution in [0.4, 0.5) is 4.79 Å². The second kappa shape index (κ2) is 5.40. The van der Waals surface area contributed by atoms with Crippen molar-refractivity contribution in [1.29, 1.82) is 0 Å². The number of nitrogens with zero attached hydrogens (tertiary/aromatic N) is 2. The van der Waals surface area contributed by atoms with Crippen molar-refractivity contribution in [2.75, 3.05) is 27.2 Å². The molecule has 7 heteroatoms. The third-order valence-electron chi connectivity index (χ3n) is 4.35. The van der Waals surface area contributed by atoms with Crippen LogP contribution in [0.25, 0.3) is 0 Å². The molecule has 1 aliphatic heterocycles. The summed E-state index contributed by atoms with van der Waals surface area (Å²) in [5.41, 5.74) is 4.87. The monoisotopic (exact) mass is 282 g/mol. The van der Waals surface area contributed by atoms with E-state index < -0.39 is 11.6 Å². The van der Waals surface area contributed by atoms with E-state index in [1.54, 1.807) is 14.1 Å². The SMILES string of the molecule is CN(C)C(=O)CN1C(=O)NC2(CCCCC2CN)C1=O. The summed E-state index contributed by atoms with van der Waals surface area (Å²) in [6.07, 6.45) is 3.34. The lowest BCUT2D eigenvalue weighted by molar-refractivity contribution is -0.139. The van der Waals surface area contributed by atoms with Crippen molar-refractivity contribution in [2.45, 2.75) is 31.2 Å². The minimum absolute atomic E-state index is 0.0489. The van der Waals surface area contributed by atoms with Crippen LogP contribution in [-0.2, 0) is 9.59 Å². The number of imide groups is 1. The zero-order valence-corrected chi connectivity index (χ0v) is 12.0. The largest absolute Gasteiger partial charge is 0.347 e. The molecule has 1 aliphatic carbocycles. The Balaban J connectivity index is 2.21. The third-order valence-corrected chi connectivity index (χ3v) is 4.35. The smallest absolute Gasteiger partial charge is 0.325 e. The van der Waals surface area contributed by atoms with Crippen molar-refractivity contribution in [3.05, 3.63) is 0 Å². The van der Waals surface area contributed by atoms with Crippen LogP contribution in [0.1, 0.15) is 25.7 Å². The Labute approximate surface area is 118 Å². The van der Waals surface area contributed by atoms with Crippen molar-refractivity contribution < 1.29 is 14.4 Å². The average molecular weight is 282 g/mol. The molecule has 7 nitrogen and oxygen atoms in total. The molecule has 1 saturated heterocycles. The van der Waals surface area contributed by atoms with Gasteiger partial charge in [0.15, 0.2) is 0 Å². The summed E-state index contributed by atoms with van der Waals surface area (Å²) in [6, 6.07) is -0.481. The Bertz CT molecular complexity index is 437. The number of carbonyl (C=O) groups is 3. The zero-order valence-electron chi connectivity index (χ0n) is 12.0. The van der Waals surface area contributed by atoms with Crippen molar-refractivity contribution in [2.24, 2.45) is 11.7 Å². The van der Waals surface area contributed by atoms with Crippen molar-refractivity contribution in [1.82, 2.24) is 15.1 Å². The lowest BCUT2D eigenvalue weighted by Crippen LogP contribution is -2.57. The van der Waals surface area contributed by atoms with E-state index in [2.05, 4.69) is 5.32 Å². The first kappa shape index (κ1) is 14.8. The predicted molar refractivity (Wildman–Crippen MR) is 72.7 cm³/mol. The molecule has 2 rings (SSSR count). The molecule has 0 aromatic carbocycles. The van der Waals surface area contributed by atoms with Crippen LogP contribution < -0.4 is 11.1 Å². The second-order valence-electron chi connectivity index (χ2n) is 5.76. The number of hydrogen-bond donors (Lipinski definition) is 2. The summed E-state index contributed by atoms with van der Waals surface area (Å²) in [5, 5.41) is 2.80. The van der Waals surface area contributed by atoms with E-state index in [4.69, 9.17) is 5.73 Å². The summed E-state index contributed by atoms with van der Waals surface area (Å²) >= 11 is 0. The molecular formula is C13H22N4O3. The van der Waals surface area contributed by atoms with Gasteiger partial charge in [-0.15, -0.1) is 0 Å². The Morgan fingerprint density at radius 3 is 2.75 bits per heavy atom. The van der Waals surface area contributed by atoms with Crippen LogP contribution in [-0.4, -0.2) is 60.4 Å². The van der Waals surface area contributed by atoms with Crippen LogP contribution in [0.2, 0.25) is 0 Å². The summed E-state index contributed by atoms with van der Waals surface area (Å²) in [6.45, 7) is 0.151. The molecule has 2 atom stereocenters. The first-order chi connectivity index (χ1) is 9.42. The Morgan fingerprint density at radius 1 is 1.45 bits per heavy atom. The number of nitrogens with two attached hydrogens (primary N) is 1. The van der Waals surface area contributed by atoms with E-state index in [1.807, 2.05) is 0 Å². The van der Waals surface area contributed by atoms with E-state index >= 15 is 0 Å². The highest BCUT2D eigenvalue weighted by atomic mass is 16.2. The number of urea groups is 1. The fourth-order valence-electron chi connectivity index (χ4n) is 3.08. The fourth-order valence-corrected chi connectivity index (χ4v) is 3.08. The van der Waals surface area contributed by atoms with Gasteiger partial charge in [-0.1, -0.05) is 12.8 Å². The highest BCUT2D eigenvalue weighted by molar-refractivity contribution is 6.09. The van der Waals surface area contributed by atoms with Gasteiger partial charge in [-0.3, -0.25) is 14.5 Å². The molecule has 1 saturated carbocycles. The van der Waals surface area contributed by atoms with Gasteiger partial charge < -0.3 is 16.0 Å². The van der Waals surface area contributed by atoms with Crippen molar-refractivity contribution >= 4 is 17.8 Å². The minimum Gasteiger partial charge on any atom is -0.347 e. The summed E-state index contributed by atoms with van der Waals surface area (Å²) in [7, 11) is 3.19. The van der Waals surface area contributed by atoms with Crippen LogP contribution >= 0.6 is 0 Å². The number of likely N-dealkylation sites (N-methyl/N-ethyl adjacent to an activating group) is 1. The number of rotatable bonds is 3. The van der Waals surface area contributed by atoms with Crippen LogP contribution in [0, 0.1) is 5.92 Å². The molecule has 2 fully saturated rings. The van der Waals surface area contributed by atoms with Crippen LogP contribution in [0.3, 0.4) is 0 Å². The first-order valence-electron chi connectivity index (χ1n) is 6.96. The van der Waals surface area contributed by atoms with E-state index in [0.29, 0.717) is 13.0 Å². The van der Waals surface area contributed by atoms with E-state index in [-0.39, 0.29) is 24.3 Å². The lowest BCUT2D eigenvalue weighted by Gasteiger charge is -2.38. The van der Waals surface area contributed by atoms with Gasteiger partial charge in [0.2, 0.25) is 5.91 Å². The standard InChI is InChI=1S/C13H22N4O3/c1-16(2)10(18)8-17-11(19)13(15-12(17)20)6-4-3-5-9(13)7-14/h9H,3-8,14H2,1-2H3,(H,15,20). The molecule has 4 amide bonds. The average Bonchev–Trinajstić information content (AvgIpc) is 2.64. The van der Waals surface area contributed by atoms with Gasteiger partial charge >= 0.3 is 6.03 Å². The number of nitrogens with one attached hydrogen (secondary N) is 1. The molecule has 3 N–H and O–H groups in total. The van der Waals surface area contributed by atoms with Crippen LogP contribution in [0.5, 0.6) is 0 Å². The summed E-state index contributed by atoms with van der Waals surface area (Å²) < 4.78 is 0. The number of carbonyl (C=O) groups excluding carboxylic acids is 3. The van der Waals surface area contributed by atoms with Gasteiger partial charge in [0.1, 0.15) is 12.1 Å². The number of amides is 4.